The second-order valence-corrected chi connectivity index (χ2v) is 6.78. The van der Waals surface area contributed by atoms with Gasteiger partial charge in [0.1, 0.15) is 5.60 Å². The number of hydrogen-bond acceptors (Lipinski definition) is 4. The Hall–Kier alpha value is -1.79. The Morgan fingerprint density at radius 2 is 1.87 bits per heavy atom. The standard InChI is InChI=1S/C16H23ClN2O4/c1-16(2,3)23-15(22)19-13(12(18)9-14(20)21)8-10-4-6-11(17)7-5-10/h4-7,12-13H,8-9,18H2,1-3H3,(H,19,22)(H,20,21)/t12-,13-/m0/s1. The summed E-state index contributed by atoms with van der Waals surface area (Å²) >= 11 is 5.84. The number of hydrogen-bond donors (Lipinski definition) is 3. The summed E-state index contributed by atoms with van der Waals surface area (Å²) in [7, 11) is 0. The highest BCUT2D eigenvalue weighted by Gasteiger charge is 2.25. The van der Waals surface area contributed by atoms with Gasteiger partial charge in [-0.1, -0.05) is 23.7 Å². The number of nitrogens with one attached hydrogen (secondary N) is 1. The minimum atomic E-state index is -1.02. The highest BCUT2D eigenvalue weighted by Crippen LogP contribution is 2.14. The number of carbonyl (C=O) groups is 2. The Bertz CT molecular complexity index is 540. The number of benzene rings is 1. The van der Waals surface area contributed by atoms with Crippen molar-refractivity contribution >= 4 is 23.7 Å². The molecule has 0 bridgehead atoms. The Morgan fingerprint density at radius 3 is 2.35 bits per heavy atom. The van der Waals surface area contributed by atoms with Crippen LogP contribution in [-0.2, 0) is 16.0 Å². The number of carbonyl (C=O) groups excluding carboxylic acids is 1. The van der Waals surface area contributed by atoms with Crippen LogP contribution in [0.25, 0.3) is 0 Å². The van der Waals surface area contributed by atoms with Crippen molar-refractivity contribution in [3.05, 3.63) is 34.9 Å². The second-order valence-electron chi connectivity index (χ2n) is 6.35. The topological polar surface area (TPSA) is 102 Å². The monoisotopic (exact) mass is 342 g/mol. The molecule has 0 aromatic heterocycles. The number of amides is 1. The summed E-state index contributed by atoms with van der Waals surface area (Å²) in [5.74, 6) is -1.02. The van der Waals surface area contributed by atoms with Crippen molar-refractivity contribution in [1.82, 2.24) is 5.32 Å². The molecule has 1 amide bonds. The normalized spacial score (nSPS) is 14.0. The zero-order valence-corrected chi connectivity index (χ0v) is 14.3. The third-order valence-corrected chi connectivity index (χ3v) is 3.25. The zero-order chi connectivity index (χ0) is 17.6. The van der Waals surface area contributed by atoms with E-state index < -0.39 is 29.7 Å². The molecule has 0 aliphatic rings. The van der Waals surface area contributed by atoms with E-state index in [9.17, 15) is 9.59 Å². The minimum Gasteiger partial charge on any atom is -0.481 e. The first-order valence-corrected chi connectivity index (χ1v) is 7.66. The lowest BCUT2D eigenvalue weighted by molar-refractivity contribution is -0.137. The summed E-state index contributed by atoms with van der Waals surface area (Å²) in [4.78, 5) is 22.8. The Labute approximate surface area is 141 Å². The lowest BCUT2D eigenvalue weighted by Crippen LogP contribution is -2.51. The SMILES string of the molecule is CC(C)(C)OC(=O)N[C@@H](Cc1ccc(Cl)cc1)[C@@H](N)CC(=O)O. The van der Waals surface area contributed by atoms with Gasteiger partial charge in [0, 0.05) is 11.1 Å². The van der Waals surface area contributed by atoms with E-state index in [1.165, 1.54) is 0 Å². The summed E-state index contributed by atoms with van der Waals surface area (Å²) in [6.45, 7) is 5.24. The van der Waals surface area contributed by atoms with E-state index in [1.807, 2.05) is 0 Å². The molecule has 4 N–H and O–H groups in total. The van der Waals surface area contributed by atoms with Crippen LogP contribution >= 0.6 is 11.6 Å². The molecule has 1 aromatic carbocycles. The van der Waals surface area contributed by atoms with E-state index in [0.717, 1.165) is 5.56 Å². The third kappa shape index (κ3) is 7.85. The van der Waals surface area contributed by atoms with E-state index in [-0.39, 0.29) is 6.42 Å². The van der Waals surface area contributed by atoms with Crippen LogP contribution in [0.2, 0.25) is 5.02 Å². The first-order valence-electron chi connectivity index (χ1n) is 7.28. The van der Waals surface area contributed by atoms with Crippen LogP contribution in [-0.4, -0.2) is 34.9 Å². The highest BCUT2D eigenvalue weighted by atomic mass is 35.5. The van der Waals surface area contributed by atoms with Gasteiger partial charge in [-0.3, -0.25) is 4.79 Å². The van der Waals surface area contributed by atoms with Gasteiger partial charge in [-0.15, -0.1) is 0 Å². The van der Waals surface area contributed by atoms with Gasteiger partial charge in [-0.05, 0) is 44.9 Å². The molecule has 128 valence electrons. The van der Waals surface area contributed by atoms with E-state index in [2.05, 4.69) is 5.32 Å². The van der Waals surface area contributed by atoms with Crippen molar-refractivity contribution in [2.45, 2.75) is 51.3 Å². The first kappa shape index (κ1) is 19.3. The molecule has 0 unspecified atom stereocenters. The second kappa shape index (κ2) is 8.17. The number of nitrogens with two attached hydrogens (primary N) is 1. The summed E-state index contributed by atoms with van der Waals surface area (Å²) in [5.41, 5.74) is 6.17. The largest absolute Gasteiger partial charge is 0.481 e. The van der Waals surface area contributed by atoms with Crippen molar-refractivity contribution in [2.24, 2.45) is 5.73 Å². The van der Waals surface area contributed by atoms with Crippen LogP contribution in [0.5, 0.6) is 0 Å². The van der Waals surface area contributed by atoms with E-state index in [4.69, 9.17) is 27.2 Å². The number of ether oxygens (including phenoxy) is 1. The molecule has 0 aliphatic carbocycles. The van der Waals surface area contributed by atoms with Gasteiger partial charge >= 0.3 is 12.1 Å². The van der Waals surface area contributed by atoms with Gasteiger partial charge in [-0.2, -0.15) is 0 Å². The summed E-state index contributed by atoms with van der Waals surface area (Å²) in [5, 5.41) is 12.2. The molecule has 1 rings (SSSR count). The van der Waals surface area contributed by atoms with Crippen molar-refractivity contribution in [3.8, 4) is 0 Å². The maximum absolute atomic E-state index is 11.9. The Kier molecular flexibility index (Phi) is 6.84. The number of carboxylic acids is 1. The van der Waals surface area contributed by atoms with Crippen LogP contribution in [0.3, 0.4) is 0 Å². The fourth-order valence-electron chi connectivity index (χ4n) is 1.99. The molecule has 0 fully saturated rings. The minimum absolute atomic E-state index is 0.256. The zero-order valence-electron chi connectivity index (χ0n) is 13.5. The van der Waals surface area contributed by atoms with Gasteiger partial charge < -0.3 is 20.9 Å². The fourth-order valence-corrected chi connectivity index (χ4v) is 2.11. The molecular formula is C16H23ClN2O4. The van der Waals surface area contributed by atoms with Crippen molar-refractivity contribution in [2.75, 3.05) is 0 Å². The van der Waals surface area contributed by atoms with Crippen LogP contribution in [0.1, 0.15) is 32.8 Å². The lowest BCUT2D eigenvalue weighted by atomic mass is 9.98. The quantitative estimate of drug-likeness (QED) is 0.737. The van der Waals surface area contributed by atoms with E-state index >= 15 is 0 Å². The first-order chi connectivity index (χ1) is 10.6. The molecule has 0 radical (unpaired) electrons. The molecule has 7 heteroatoms. The van der Waals surface area contributed by atoms with Crippen LogP contribution < -0.4 is 11.1 Å². The Morgan fingerprint density at radius 1 is 1.30 bits per heavy atom. The van der Waals surface area contributed by atoms with Crippen LogP contribution in [0.15, 0.2) is 24.3 Å². The van der Waals surface area contributed by atoms with E-state index in [1.54, 1.807) is 45.0 Å². The molecule has 0 saturated heterocycles. The molecular weight excluding hydrogens is 320 g/mol. The summed E-state index contributed by atoms with van der Waals surface area (Å²) < 4.78 is 5.21. The van der Waals surface area contributed by atoms with Gasteiger partial charge in [0.15, 0.2) is 0 Å². The van der Waals surface area contributed by atoms with Crippen LogP contribution in [0.4, 0.5) is 4.79 Å². The number of alkyl carbamates (subject to hydrolysis) is 1. The van der Waals surface area contributed by atoms with Gasteiger partial charge in [0.25, 0.3) is 0 Å². The lowest BCUT2D eigenvalue weighted by Gasteiger charge is -2.27. The predicted octanol–water partition coefficient (Wildman–Crippen LogP) is 2.58. The van der Waals surface area contributed by atoms with Gasteiger partial charge in [0.05, 0.1) is 12.5 Å². The number of halogens is 1. The van der Waals surface area contributed by atoms with Crippen molar-refractivity contribution in [1.29, 1.82) is 0 Å². The van der Waals surface area contributed by atoms with Crippen molar-refractivity contribution in [3.63, 3.8) is 0 Å². The third-order valence-electron chi connectivity index (χ3n) is 3.00. The predicted molar refractivity (Wildman–Crippen MR) is 88.5 cm³/mol. The van der Waals surface area contributed by atoms with Gasteiger partial charge in [0.2, 0.25) is 0 Å². The Balaban J connectivity index is 2.81. The van der Waals surface area contributed by atoms with E-state index in [0.29, 0.717) is 11.4 Å². The average molecular weight is 343 g/mol. The molecule has 0 spiro atoms. The molecule has 0 aliphatic heterocycles. The summed E-state index contributed by atoms with van der Waals surface area (Å²) in [6, 6.07) is 5.76. The number of aliphatic carboxylic acids is 1. The number of carboxylic acid groups (broad SMARTS) is 1. The summed E-state index contributed by atoms with van der Waals surface area (Å²) in [6.07, 6.45) is -0.504. The molecule has 0 saturated carbocycles. The molecule has 0 heterocycles. The maximum Gasteiger partial charge on any atom is 0.407 e. The molecule has 1 aromatic rings. The average Bonchev–Trinajstić information content (AvgIpc) is 2.37. The highest BCUT2D eigenvalue weighted by molar-refractivity contribution is 6.30. The molecule has 6 nitrogen and oxygen atoms in total. The van der Waals surface area contributed by atoms with Gasteiger partial charge in [-0.25, -0.2) is 4.79 Å². The van der Waals surface area contributed by atoms with Crippen molar-refractivity contribution < 1.29 is 19.4 Å². The maximum atomic E-state index is 11.9. The van der Waals surface area contributed by atoms with Crippen LogP contribution in [0, 0.1) is 0 Å². The molecule has 2 atom stereocenters. The molecule has 23 heavy (non-hydrogen) atoms. The fraction of sp³-hybridized carbons (Fsp3) is 0.500. The smallest absolute Gasteiger partial charge is 0.407 e. The number of rotatable bonds is 6.